The van der Waals surface area contributed by atoms with Crippen LogP contribution in [0.15, 0.2) is 60.8 Å². The summed E-state index contributed by atoms with van der Waals surface area (Å²) < 4.78 is 13.0. The summed E-state index contributed by atoms with van der Waals surface area (Å²) >= 11 is 0. The van der Waals surface area contributed by atoms with E-state index in [-0.39, 0.29) is 18.1 Å². The highest BCUT2D eigenvalue weighted by Gasteiger charge is 2.29. The summed E-state index contributed by atoms with van der Waals surface area (Å²) in [5.74, 6) is 0.714. The van der Waals surface area contributed by atoms with Crippen molar-refractivity contribution in [2.24, 2.45) is 0 Å². The second-order valence-corrected chi connectivity index (χ2v) is 7.77. The van der Waals surface area contributed by atoms with Crippen molar-refractivity contribution < 1.29 is 14.3 Å². The third-order valence-electron chi connectivity index (χ3n) is 5.23. The van der Waals surface area contributed by atoms with E-state index >= 15 is 0 Å². The molecule has 2 aromatic carbocycles. The summed E-state index contributed by atoms with van der Waals surface area (Å²) in [4.78, 5) is 15.4. The Bertz CT molecular complexity index is 1010. The van der Waals surface area contributed by atoms with E-state index in [9.17, 15) is 4.79 Å². The summed E-state index contributed by atoms with van der Waals surface area (Å²) in [6, 6.07) is 17.8. The number of methoxy groups -OCH3 is 1. The third kappa shape index (κ3) is 4.39. The highest BCUT2D eigenvalue weighted by molar-refractivity contribution is 6.00. The van der Waals surface area contributed by atoms with E-state index in [2.05, 4.69) is 12.1 Å². The van der Waals surface area contributed by atoms with Gasteiger partial charge in [-0.3, -0.25) is 9.48 Å². The zero-order valence-electron chi connectivity index (χ0n) is 17.6. The number of carbonyl (C=O) groups is 1. The first-order chi connectivity index (χ1) is 14.5. The van der Waals surface area contributed by atoms with Gasteiger partial charge in [-0.15, -0.1) is 0 Å². The number of morpholine rings is 1. The first-order valence-corrected chi connectivity index (χ1v) is 10.2. The van der Waals surface area contributed by atoms with Crippen molar-refractivity contribution in [1.82, 2.24) is 14.7 Å². The van der Waals surface area contributed by atoms with E-state index in [1.54, 1.807) is 7.11 Å². The molecule has 1 saturated heterocycles. The molecule has 2 atom stereocenters. The fourth-order valence-corrected chi connectivity index (χ4v) is 3.93. The Labute approximate surface area is 177 Å². The molecule has 0 aliphatic carbocycles. The topological polar surface area (TPSA) is 56.6 Å². The normalized spacial score (nSPS) is 19.0. The molecule has 6 nitrogen and oxygen atoms in total. The van der Waals surface area contributed by atoms with Crippen LogP contribution >= 0.6 is 0 Å². The maximum atomic E-state index is 13.5. The first kappa shape index (κ1) is 20.2. The predicted molar refractivity (Wildman–Crippen MR) is 116 cm³/mol. The van der Waals surface area contributed by atoms with Gasteiger partial charge < -0.3 is 14.4 Å². The average Bonchev–Trinajstić information content (AvgIpc) is 3.17. The van der Waals surface area contributed by atoms with Gasteiger partial charge in [0.05, 0.1) is 31.4 Å². The van der Waals surface area contributed by atoms with Gasteiger partial charge in [0.25, 0.3) is 5.91 Å². The Kier molecular flexibility index (Phi) is 5.86. The van der Waals surface area contributed by atoms with Crippen LogP contribution in [0, 0.1) is 0 Å². The van der Waals surface area contributed by atoms with Crippen LogP contribution in [-0.4, -0.2) is 53.0 Å². The second-order valence-electron chi connectivity index (χ2n) is 7.77. The molecular weight excluding hydrogens is 378 g/mol. The molecule has 4 rings (SSSR count). The largest absolute Gasteiger partial charge is 0.497 e. The lowest BCUT2D eigenvalue weighted by molar-refractivity contribution is -0.0586. The van der Waals surface area contributed by atoms with E-state index in [1.807, 2.05) is 72.1 Å². The van der Waals surface area contributed by atoms with Gasteiger partial charge in [-0.2, -0.15) is 5.10 Å². The van der Waals surface area contributed by atoms with Crippen molar-refractivity contribution in [3.63, 3.8) is 0 Å². The van der Waals surface area contributed by atoms with Gasteiger partial charge in [-0.1, -0.05) is 42.5 Å². The van der Waals surface area contributed by atoms with Gasteiger partial charge in [0.2, 0.25) is 0 Å². The van der Waals surface area contributed by atoms with Crippen molar-refractivity contribution in [3.8, 4) is 17.0 Å². The molecular formula is C24H27N3O3. The lowest BCUT2D eigenvalue weighted by Gasteiger charge is -2.35. The van der Waals surface area contributed by atoms with E-state index in [4.69, 9.17) is 14.6 Å². The minimum Gasteiger partial charge on any atom is -0.497 e. The van der Waals surface area contributed by atoms with Crippen LogP contribution in [0.3, 0.4) is 0 Å². The van der Waals surface area contributed by atoms with Crippen molar-refractivity contribution in [1.29, 1.82) is 0 Å². The summed E-state index contributed by atoms with van der Waals surface area (Å²) in [5, 5.41) is 4.79. The third-order valence-corrected chi connectivity index (χ3v) is 5.23. The van der Waals surface area contributed by atoms with Gasteiger partial charge in [-0.05, 0) is 31.5 Å². The summed E-state index contributed by atoms with van der Waals surface area (Å²) in [6.07, 6.45) is 1.88. The lowest BCUT2D eigenvalue weighted by Crippen LogP contribution is -2.48. The molecule has 0 saturated carbocycles. The van der Waals surface area contributed by atoms with Crippen LogP contribution < -0.4 is 4.74 Å². The van der Waals surface area contributed by atoms with Crippen molar-refractivity contribution in [2.75, 3.05) is 20.2 Å². The number of hydrogen-bond acceptors (Lipinski definition) is 4. The number of amides is 1. The average molecular weight is 405 g/mol. The molecule has 6 heteroatoms. The Morgan fingerprint density at radius 2 is 1.83 bits per heavy atom. The molecule has 1 amide bonds. The molecule has 156 valence electrons. The van der Waals surface area contributed by atoms with Gasteiger partial charge in [-0.25, -0.2) is 0 Å². The number of rotatable bonds is 5. The van der Waals surface area contributed by atoms with E-state index in [0.29, 0.717) is 30.9 Å². The molecule has 1 aliphatic rings. The fourth-order valence-electron chi connectivity index (χ4n) is 3.93. The fraction of sp³-hybridized carbons (Fsp3) is 0.333. The minimum atomic E-state index is -0.0193. The monoisotopic (exact) mass is 405 g/mol. The van der Waals surface area contributed by atoms with E-state index in [0.717, 1.165) is 16.9 Å². The number of ether oxygens (including phenoxy) is 2. The standard InChI is InChI=1S/C24H27N3O3/c1-17-13-26(14-18(2)30-17)24(28)22-16-27(15-19-8-5-4-6-9-19)25-23(22)20-10-7-11-21(12-20)29-3/h4-12,16-18H,13-15H2,1-3H3. The molecule has 1 aliphatic heterocycles. The lowest BCUT2D eigenvalue weighted by atomic mass is 10.1. The van der Waals surface area contributed by atoms with E-state index in [1.165, 1.54) is 0 Å². The minimum absolute atomic E-state index is 0.0114. The Morgan fingerprint density at radius 3 is 2.53 bits per heavy atom. The molecule has 0 bridgehead atoms. The van der Waals surface area contributed by atoms with Crippen LogP contribution in [0.4, 0.5) is 0 Å². The molecule has 1 fully saturated rings. The molecule has 0 N–H and O–H groups in total. The van der Waals surface area contributed by atoms with Gasteiger partial charge in [0.15, 0.2) is 0 Å². The molecule has 0 radical (unpaired) electrons. The maximum Gasteiger partial charge on any atom is 0.257 e. The van der Waals surface area contributed by atoms with Gasteiger partial charge in [0.1, 0.15) is 11.4 Å². The van der Waals surface area contributed by atoms with Crippen molar-refractivity contribution in [3.05, 3.63) is 71.9 Å². The van der Waals surface area contributed by atoms with E-state index < -0.39 is 0 Å². The highest BCUT2D eigenvalue weighted by atomic mass is 16.5. The number of nitrogens with zero attached hydrogens (tertiary/aromatic N) is 3. The Morgan fingerprint density at radius 1 is 1.10 bits per heavy atom. The van der Waals surface area contributed by atoms with Crippen LogP contribution in [0.1, 0.15) is 29.8 Å². The summed E-state index contributed by atoms with van der Waals surface area (Å²) in [6.45, 7) is 5.74. The summed E-state index contributed by atoms with van der Waals surface area (Å²) in [5.41, 5.74) is 3.26. The Hall–Kier alpha value is -3.12. The van der Waals surface area contributed by atoms with Crippen LogP contribution in [-0.2, 0) is 11.3 Å². The highest BCUT2D eigenvalue weighted by Crippen LogP contribution is 2.28. The SMILES string of the molecule is COc1cccc(-c2nn(Cc3ccccc3)cc2C(=O)N2CC(C)OC(C)C2)c1. The molecule has 30 heavy (non-hydrogen) atoms. The maximum absolute atomic E-state index is 13.5. The molecule has 2 heterocycles. The number of benzene rings is 2. The zero-order valence-corrected chi connectivity index (χ0v) is 17.6. The smallest absolute Gasteiger partial charge is 0.257 e. The quantitative estimate of drug-likeness (QED) is 0.647. The van der Waals surface area contributed by atoms with Crippen LogP contribution in [0.2, 0.25) is 0 Å². The Balaban J connectivity index is 1.72. The van der Waals surface area contributed by atoms with Crippen LogP contribution in [0.25, 0.3) is 11.3 Å². The predicted octanol–water partition coefficient (Wildman–Crippen LogP) is 3.86. The molecule has 2 unspecified atom stereocenters. The first-order valence-electron chi connectivity index (χ1n) is 10.2. The van der Waals surface area contributed by atoms with Gasteiger partial charge in [0, 0.05) is 24.8 Å². The van der Waals surface area contributed by atoms with Crippen LogP contribution in [0.5, 0.6) is 5.75 Å². The van der Waals surface area contributed by atoms with Crippen molar-refractivity contribution >= 4 is 5.91 Å². The molecule has 0 spiro atoms. The number of aromatic nitrogens is 2. The second kappa shape index (κ2) is 8.71. The van der Waals surface area contributed by atoms with Crippen molar-refractivity contribution in [2.45, 2.75) is 32.6 Å². The number of hydrogen-bond donors (Lipinski definition) is 0. The number of carbonyl (C=O) groups excluding carboxylic acids is 1. The molecule has 3 aromatic rings. The van der Waals surface area contributed by atoms with Gasteiger partial charge >= 0.3 is 0 Å². The summed E-state index contributed by atoms with van der Waals surface area (Å²) in [7, 11) is 1.63. The molecule has 1 aromatic heterocycles. The zero-order chi connectivity index (χ0) is 21.1.